The molecule has 0 aromatic heterocycles. The van der Waals surface area contributed by atoms with E-state index in [0.29, 0.717) is 41.7 Å². The summed E-state index contributed by atoms with van der Waals surface area (Å²) < 4.78 is 26.3. The normalized spacial score (nSPS) is 17.6. The second-order valence-corrected chi connectivity index (χ2v) is 10.4. The third-order valence-corrected chi connectivity index (χ3v) is 7.02. The SMILES string of the molecule is CS(=O)(=O)Nc1cc(C(=O)N2CCC(c3ccc(C#N)cc3)CC2)ccc1C1CCC1. The molecule has 2 fully saturated rings. The molecule has 2 aromatic carbocycles. The number of anilines is 1. The van der Waals surface area contributed by atoms with Crippen molar-refractivity contribution in [1.29, 1.82) is 5.26 Å². The maximum Gasteiger partial charge on any atom is 0.253 e. The molecule has 1 heterocycles. The zero-order chi connectivity index (χ0) is 22.0. The summed E-state index contributed by atoms with van der Waals surface area (Å²) in [5.41, 5.74) is 3.89. The maximum absolute atomic E-state index is 13.1. The van der Waals surface area contributed by atoms with Crippen molar-refractivity contribution < 1.29 is 13.2 Å². The first-order valence-electron chi connectivity index (χ1n) is 10.7. The van der Waals surface area contributed by atoms with Crippen LogP contribution in [0.3, 0.4) is 0 Å². The largest absolute Gasteiger partial charge is 0.339 e. The number of carbonyl (C=O) groups excluding carboxylic acids is 1. The Morgan fingerprint density at radius 2 is 1.71 bits per heavy atom. The number of sulfonamides is 1. The molecule has 0 spiro atoms. The van der Waals surface area contributed by atoms with Crippen molar-refractivity contribution in [2.45, 2.75) is 43.9 Å². The minimum atomic E-state index is -3.42. The van der Waals surface area contributed by atoms with Crippen molar-refractivity contribution in [2.24, 2.45) is 0 Å². The van der Waals surface area contributed by atoms with E-state index in [0.717, 1.165) is 43.9 Å². The second-order valence-electron chi connectivity index (χ2n) is 8.60. The molecule has 0 unspecified atom stereocenters. The minimum Gasteiger partial charge on any atom is -0.339 e. The number of carbonyl (C=O) groups is 1. The number of nitrogens with one attached hydrogen (secondary N) is 1. The number of piperidine rings is 1. The molecule has 1 amide bonds. The average molecular weight is 438 g/mol. The summed E-state index contributed by atoms with van der Waals surface area (Å²) in [6, 6.07) is 15.3. The van der Waals surface area contributed by atoms with Gasteiger partial charge in [-0.25, -0.2) is 8.42 Å². The highest BCUT2D eigenvalue weighted by Gasteiger charge is 2.27. The molecule has 162 valence electrons. The Hall–Kier alpha value is -2.85. The summed E-state index contributed by atoms with van der Waals surface area (Å²) in [5.74, 6) is 0.673. The number of nitriles is 1. The van der Waals surface area contributed by atoms with Gasteiger partial charge in [-0.15, -0.1) is 0 Å². The smallest absolute Gasteiger partial charge is 0.253 e. The fourth-order valence-electron chi connectivity index (χ4n) is 4.48. The molecule has 0 radical (unpaired) electrons. The van der Waals surface area contributed by atoms with Crippen LogP contribution in [-0.4, -0.2) is 38.6 Å². The van der Waals surface area contributed by atoms with E-state index in [4.69, 9.17) is 5.26 Å². The second kappa shape index (κ2) is 8.72. The van der Waals surface area contributed by atoms with Gasteiger partial charge in [0.15, 0.2) is 0 Å². The van der Waals surface area contributed by atoms with Crippen LogP contribution in [0, 0.1) is 11.3 Å². The molecule has 4 rings (SSSR count). The molecule has 1 saturated carbocycles. The fraction of sp³-hybridized carbons (Fsp3) is 0.417. The molecular weight excluding hydrogens is 410 g/mol. The van der Waals surface area contributed by atoms with Crippen LogP contribution in [0.25, 0.3) is 0 Å². The highest BCUT2D eigenvalue weighted by atomic mass is 32.2. The summed E-state index contributed by atoms with van der Waals surface area (Å²) in [6.45, 7) is 1.31. The Morgan fingerprint density at radius 1 is 1.03 bits per heavy atom. The maximum atomic E-state index is 13.1. The Balaban J connectivity index is 1.46. The number of amides is 1. The van der Waals surface area contributed by atoms with Crippen molar-refractivity contribution in [3.63, 3.8) is 0 Å². The highest BCUT2D eigenvalue weighted by Crippen LogP contribution is 2.40. The van der Waals surface area contributed by atoms with Gasteiger partial charge in [-0.1, -0.05) is 24.6 Å². The third-order valence-electron chi connectivity index (χ3n) is 6.43. The van der Waals surface area contributed by atoms with E-state index >= 15 is 0 Å². The lowest BCUT2D eigenvalue weighted by Gasteiger charge is -2.33. The van der Waals surface area contributed by atoms with Crippen LogP contribution in [-0.2, 0) is 10.0 Å². The molecule has 6 nitrogen and oxygen atoms in total. The Morgan fingerprint density at radius 3 is 2.26 bits per heavy atom. The van der Waals surface area contributed by atoms with Crippen molar-refractivity contribution >= 4 is 21.6 Å². The molecular formula is C24H27N3O3S. The quantitative estimate of drug-likeness (QED) is 0.758. The van der Waals surface area contributed by atoms with E-state index in [1.807, 2.05) is 41.3 Å². The topological polar surface area (TPSA) is 90.3 Å². The van der Waals surface area contributed by atoms with Crippen molar-refractivity contribution in [1.82, 2.24) is 4.90 Å². The van der Waals surface area contributed by atoms with Crippen LogP contribution in [0.2, 0.25) is 0 Å². The van der Waals surface area contributed by atoms with Crippen molar-refractivity contribution in [3.8, 4) is 6.07 Å². The summed E-state index contributed by atoms with van der Waals surface area (Å²) in [5, 5.41) is 8.96. The van der Waals surface area contributed by atoms with E-state index in [1.54, 1.807) is 6.07 Å². The van der Waals surface area contributed by atoms with Crippen molar-refractivity contribution in [3.05, 3.63) is 64.7 Å². The highest BCUT2D eigenvalue weighted by molar-refractivity contribution is 7.92. The monoisotopic (exact) mass is 437 g/mol. The molecule has 7 heteroatoms. The number of nitrogens with zero attached hydrogens (tertiary/aromatic N) is 2. The summed E-state index contributed by atoms with van der Waals surface area (Å²) in [6.07, 6.45) is 6.12. The number of rotatable bonds is 5. The molecule has 1 saturated heterocycles. The van der Waals surface area contributed by atoms with Gasteiger partial charge in [0.25, 0.3) is 5.91 Å². The first kappa shape index (κ1) is 21.4. The standard InChI is InChI=1S/C24H27N3O3S/c1-31(29,30)26-23-15-21(9-10-22(23)20-3-2-4-20)24(28)27-13-11-19(12-14-27)18-7-5-17(16-25)6-8-18/h5-10,15,19-20,26H,2-4,11-14H2,1H3. The summed E-state index contributed by atoms with van der Waals surface area (Å²) in [4.78, 5) is 15.0. The van der Waals surface area contributed by atoms with Gasteiger partial charge in [0, 0.05) is 18.7 Å². The van der Waals surface area contributed by atoms with Gasteiger partial charge in [-0.3, -0.25) is 9.52 Å². The summed E-state index contributed by atoms with van der Waals surface area (Å²) in [7, 11) is -3.42. The molecule has 1 aliphatic carbocycles. The van der Waals surface area contributed by atoms with Crippen LogP contribution in [0.4, 0.5) is 5.69 Å². The van der Waals surface area contributed by atoms with Crippen LogP contribution in [0.5, 0.6) is 0 Å². The van der Waals surface area contributed by atoms with Gasteiger partial charge in [-0.05, 0) is 72.9 Å². The number of hydrogen-bond donors (Lipinski definition) is 1. The van der Waals surface area contributed by atoms with Crippen LogP contribution in [0.1, 0.15) is 71.0 Å². The predicted octanol–water partition coefficient (Wildman–Crippen LogP) is 4.22. The Labute approximate surface area is 183 Å². The zero-order valence-corrected chi connectivity index (χ0v) is 18.5. The molecule has 31 heavy (non-hydrogen) atoms. The lowest BCUT2D eigenvalue weighted by Crippen LogP contribution is -2.38. The summed E-state index contributed by atoms with van der Waals surface area (Å²) >= 11 is 0. The predicted molar refractivity (Wildman–Crippen MR) is 121 cm³/mol. The van der Waals surface area contributed by atoms with Gasteiger partial charge in [0.1, 0.15) is 0 Å². The minimum absolute atomic E-state index is 0.0602. The van der Waals surface area contributed by atoms with Crippen molar-refractivity contribution in [2.75, 3.05) is 24.1 Å². The van der Waals surface area contributed by atoms with Gasteiger partial charge < -0.3 is 4.90 Å². The third kappa shape index (κ3) is 4.91. The first-order valence-corrected chi connectivity index (χ1v) is 12.6. The first-order chi connectivity index (χ1) is 14.8. The Kier molecular flexibility index (Phi) is 6.01. The molecule has 2 aromatic rings. The van der Waals surface area contributed by atoms with E-state index < -0.39 is 10.0 Å². The number of benzene rings is 2. The van der Waals surface area contributed by atoms with Gasteiger partial charge in [0.05, 0.1) is 23.6 Å². The van der Waals surface area contributed by atoms with Gasteiger partial charge in [0.2, 0.25) is 10.0 Å². The molecule has 1 aliphatic heterocycles. The zero-order valence-electron chi connectivity index (χ0n) is 17.7. The fourth-order valence-corrected chi connectivity index (χ4v) is 5.06. The van der Waals surface area contributed by atoms with Gasteiger partial charge >= 0.3 is 0 Å². The molecule has 1 N–H and O–H groups in total. The van der Waals surface area contributed by atoms with E-state index in [1.165, 1.54) is 5.56 Å². The molecule has 0 bridgehead atoms. The Bertz CT molecular complexity index is 1110. The average Bonchev–Trinajstić information content (AvgIpc) is 2.72. The van der Waals surface area contributed by atoms with E-state index in [2.05, 4.69) is 10.8 Å². The molecule has 0 atom stereocenters. The lowest BCUT2D eigenvalue weighted by molar-refractivity contribution is 0.0713. The number of likely N-dealkylation sites (tertiary alicyclic amines) is 1. The van der Waals surface area contributed by atoms with E-state index in [-0.39, 0.29) is 5.91 Å². The van der Waals surface area contributed by atoms with E-state index in [9.17, 15) is 13.2 Å². The molecule has 2 aliphatic rings. The lowest BCUT2D eigenvalue weighted by atomic mass is 9.79. The van der Waals surface area contributed by atoms with Gasteiger partial charge in [-0.2, -0.15) is 5.26 Å². The van der Waals surface area contributed by atoms with Crippen LogP contribution < -0.4 is 4.72 Å². The number of hydrogen-bond acceptors (Lipinski definition) is 4. The van der Waals surface area contributed by atoms with Crippen LogP contribution >= 0.6 is 0 Å². The van der Waals surface area contributed by atoms with Crippen LogP contribution in [0.15, 0.2) is 42.5 Å².